The van der Waals surface area contributed by atoms with Crippen molar-refractivity contribution < 1.29 is 4.79 Å². The molecule has 1 aliphatic rings. The van der Waals surface area contributed by atoms with E-state index in [1.165, 1.54) is 0 Å². The Bertz CT molecular complexity index is 366. The molecule has 1 aromatic rings. The smallest absolute Gasteiger partial charge is 0.158 e. The Balaban J connectivity index is 2.00. The van der Waals surface area contributed by atoms with Gasteiger partial charge in [0.1, 0.15) is 5.38 Å². The van der Waals surface area contributed by atoms with Crippen LogP contribution in [0.15, 0.2) is 30.3 Å². The van der Waals surface area contributed by atoms with Crippen LogP contribution < -0.4 is 0 Å². The minimum atomic E-state index is -0.463. The number of carbonyl (C=O) groups excluding carboxylic acids is 1. The first-order valence-electron chi connectivity index (χ1n) is 6.41. The Hall–Kier alpha value is -0.820. The lowest BCUT2D eigenvalue weighted by Crippen LogP contribution is -2.23. The Morgan fingerprint density at radius 1 is 1.18 bits per heavy atom. The summed E-state index contributed by atoms with van der Waals surface area (Å²) in [5.41, 5.74) is 0.929. The van der Waals surface area contributed by atoms with Gasteiger partial charge in [-0.15, -0.1) is 11.6 Å². The highest BCUT2D eigenvalue weighted by molar-refractivity contribution is 6.31. The number of benzene rings is 1. The molecule has 0 N–H and O–H groups in total. The summed E-state index contributed by atoms with van der Waals surface area (Å²) in [6.07, 6.45) is 4.34. The molecule has 92 valence electrons. The summed E-state index contributed by atoms with van der Waals surface area (Å²) in [6.45, 7) is 2.26. The number of hydrogen-bond donors (Lipinski definition) is 0. The van der Waals surface area contributed by atoms with Crippen LogP contribution in [0, 0.1) is 11.8 Å². The topological polar surface area (TPSA) is 17.1 Å². The predicted molar refractivity (Wildman–Crippen MR) is 71.2 cm³/mol. The fourth-order valence-corrected chi connectivity index (χ4v) is 2.86. The SMILES string of the molecule is CC1CCC(C(=O)C(Cl)c2ccccc2)CC1. The van der Waals surface area contributed by atoms with Gasteiger partial charge in [0.15, 0.2) is 5.78 Å². The highest BCUT2D eigenvalue weighted by Crippen LogP contribution is 2.34. The van der Waals surface area contributed by atoms with Crippen molar-refractivity contribution in [3.8, 4) is 0 Å². The van der Waals surface area contributed by atoms with Gasteiger partial charge in [0.25, 0.3) is 0 Å². The molecule has 0 bridgehead atoms. The summed E-state index contributed by atoms with van der Waals surface area (Å²) in [5, 5.41) is -0.463. The van der Waals surface area contributed by atoms with Crippen LogP contribution in [0.3, 0.4) is 0 Å². The van der Waals surface area contributed by atoms with Crippen LogP contribution in [0.2, 0.25) is 0 Å². The quantitative estimate of drug-likeness (QED) is 0.729. The highest BCUT2D eigenvalue weighted by atomic mass is 35.5. The Morgan fingerprint density at radius 3 is 2.35 bits per heavy atom. The van der Waals surface area contributed by atoms with Gasteiger partial charge in [-0.05, 0) is 24.3 Å². The maximum atomic E-state index is 12.3. The van der Waals surface area contributed by atoms with Gasteiger partial charge in [0.2, 0.25) is 0 Å². The van der Waals surface area contributed by atoms with E-state index >= 15 is 0 Å². The molecule has 1 aliphatic carbocycles. The molecule has 0 aromatic heterocycles. The second-order valence-electron chi connectivity index (χ2n) is 5.13. The molecular weight excluding hydrogens is 232 g/mol. The zero-order valence-electron chi connectivity index (χ0n) is 10.2. The van der Waals surface area contributed by atoms with Crippen molar-refractivity contribution in [2.45, 2.75) is 38.0 Å². The molecule has 1 fully saturated rings. The van der Waals surface area contributed by atoms with Crippen LogP contribution >= 0.6 is 11.6 Å². The minimum Gasteiger partial charge on any atom is -0.297 e. The van der Waals surface area contributed by atoms with Crippen molar-refractivity contribution in [3.05, 3.63) is 35.9 Å². The molecule has 0 amide bonds. The van der Waals surface area contributed by atoms with Crippen molar-refractivity contribution in [2.75, 3.05) is 0 Å². The van der Waals surface area contributed by atoms with E-state index in [9.17, 15) is 4.79 Å². The average molecular weight is 251 g/mol. The summed E-state index contributed by atoms with van der Waals surface area (Å²) in [6, 6.07) is 9.67. The standard InChI is InChI=1S/C15H19ClO/c1-11-7-9-13(10-8-11)15(17)14(16)12-5-3-2-4-6-12/h2-6,11,13-14H,7-10H2,1H3. The second kappa shape index (κ2) is 5.68. The molecule has 0 aliphatic heterocycles. The van der Waals surface area contributed by atoms with Gasteiger partial charge >= 0.3 is 0 Å². The third-order valence-electron chi connectivity index (χ3n) is 3.76. The third kappa shape index (κ3) is 3.10. The van der Waals surface area contributed by atoms with E-state index in [2.05, 4.69) is 6.92 Å². The van der Waals surface area contributed by atoms with E-state index in [4.69, 9.17) is 11.6 Å². The average Bonchev–Trinajstić information content (AvgIpc) is 2.39. The van der Waals surface area contributed by atoms with Gasteiger partial charge in [-0.3, -0.25) is 4.79 Å². The fraction of sp³-hybridized carbons (Fsp3) is 0.533. The summed E-state index contributed by atoms with van der Waals surface area (Å²) in [7, 11) is 0. The molecular formula is C15H19ClO. The van der Waals surface area contributed by atoms with Gasteiger partial charge in [-0.25, -0.2) is 0 Å². The lowest BCUT2D eigenvalue weighted by Gasteiger charge is -2.26. The van der Waals surface area contributed by atoms with Crippen LogP contribution in [0.1, 0.15) is 43.5 Å². The number of alkyl halides is 1. The fourth-order valence-electron chi connectivity index (χ4n) is 2.54. The maximum Gasteiger partial charge on any atom is 0.158 e. The molecule has 17 heavy (non-hydrogen) atoms. The molecule has 1 atom stereocenters. The Kier molecular flexibility index (Phi) is 4.22. The number of rotatable bonds is 3. The van der Waals surface area contributed by atoms with E-state index in [1.807, 2.05) is 30.3 Å². The first kappa shape index (κ1) is 12.6. The molecule has 1 nitrogen and oxygen atoms in total. The molecule has 0 saturated heterocycles. The van der Waals surface area contributed by atoms with Crippen LogP contribution in [-0.4, -0.2) is 5.78 Å². The summed E-state index contributed by atoms with van der Waals surface area (Å²) in [5.74, 6) is 1.16. The van der Waals surface area contributed by atoms with Gasteiger partial charge in [-0.1, -0.05) is 50.1 Å². The van der Waals surface area contributed by atoms with Crippen LogP contribution in [-0.2, 0) is 4.79 Å². The van der Waals surface area contributed by atoms with Gasteiger partial charge in [-0.2, -0.15) is 0 Å². The van der Waals surface area contributed by atoms with Crippen LogP contribution in [0.5, 0.6) is 0 Å². The molecule has 0 heterocycles. The van der Waals surface area contributed by atoms with Gasteiger partial charge in [0.05, 0.1) is 0 Å². The normalized spacial score (nSPS) is 26.5. The van der Waals surface area contributed by atoms with Gasteiger partial charge in [0, 0.05) is 5.92 Å². The Morgan fingerprint density at radius 2 is 1.76 bits per heavy atom. The van der Waals surface area contributed by atoms with Gasteiger partial charge < -0.3 is 0 Å². The van der Waals surface area contributed by atoms with E-state index in [1.54, 1.807) is 0 Å². The predicted octanol–water partition coefficient (Wildman–Crippen LogP) is 4.36. The molecule has 2 rings (SSSR count). The number of carbonyl (C=O) groups is 1. The van der Waals surface area contributed by atoms with E-state index < -0.39 is 5.38 Å². The van der Waals surface area contributed by atoms with E-state index in [-0.39, 0.29) is 11.7 Å². The van der Waals surface area contributed by atoms with Crippen molar-refractivity contribution in [3.63, 3.8) is 0 Å². The summed E-state index contributed by atoms with van der Waals surface area (Å²) in [4.78, 5) is 12.3. The zero-order chi connectivity index (χ0) is 12.3. The highest BCUT2D eigenvalue weighted by Gasteiger charge is 2.29. The summed E-state index contributed by atoms with van der Waals surface area (Å²) < 4.78 is 0. The lowest BCUT2D eigenvalue weighted by atomic mass is 9.79. The molecule has 0 radical (unpaired) electrons. The molecule has 0 spiro atoms. The van der Waals surface area contributed by atoms with Crippen LogP contribution in [0.4, 0.5) is 0 Å². The molecule has 1 unspecified atom stereocenters. The van der Waals surface area contributed by atoms with E-state index in [0.29, 0.717) is 0 Å². The largest absolute Gasteiger partial charge is 0.297 e. The van der Waals surface area contributed by atoms with Crippen molar-refractivity contribution >= 4 is 17.4 Å². The molecule has 1 aromatic carbocycles. The first-order valence-corrected chi connectivity index (χ1v) is 6.85. The van der Waals surface area contributed by atoms with Crippen LogP contribution in [0.25, 0.3) is 0 Å². The number of halogens is 1. The van der Waals surface area contributed by atoms with E-state index in [0.717, 1.165) is 37.2 Å². The Labute approximate surface area is 108 Å². The second-order valence-corrected chi connectivity index (χ2v) is 5.57. The van der Waals surface area contributed by atoms with Crippen molar-refractivity contribution in [1.29, 1.82) is 0 Å². The molecule has 1 saturated carbocycles. The van der Waals surface area contributed by atoms with Crippen molar-refractivity contribution in [1.82, 2.24) is 0 Å². The maximum absolute atomic E-state index is 12.3. The van der Waals surface area contributed by atoms with Crippen molar-refractivity contribution in [2.24, 2.45) is 11.8 Å². The number of ketones is 1. The zero-order valence-corrected chi connectivity index (χ0v) is 11.0. The minimum absolute atomic E-state index is 0.175. The number of hydrogen-bond acceptors (Lipinski definition) is 1. The monoisotopic (exact) mass is 250 g/mol. The third-order valence-corrected chi connectivity index (χ3v) is 4.23. The summed E-state index contributed by atoms with van der Waals surface area (Å²) >= 11 is 6.28. The molecule has 2 heteroatoms. The lowest BCUT2D eigenvalue weighted by molar-refractivity contribution is -0.123. The first-order chi connectivity index (χ1) is 8.18. The number of Topliss-reactive ketones (excluding diaryl/α,β-unsaturated/α-hetero) is 1.